The van der Waals surface area contributed by atoms with Gasteiger partial charge in [-0.3, -0.25) is 0 Å². The third-order valence-corrected chi connectivity index (χ3v) is 3.24. The van der Waals surface area contributed by atoms with Crippen LogP contribution < -0.4 is 5.32 Å². The fraction of sp³-hybridized carbons (Fsp3) is 0.500. The van der Waals surface area contributed by atoms with Gasteiger partial charge in [0.05, 0.1) is 12.2 Å². The van der Waals surface area contributed by atoms with E-state index in [9.17, 15) is 0 Å². The summed E-state index contributed by atoms with van der Waals surface area (Å²) < 4.78 is 2.12. The Morgan fingerprint density at radius 1 is 1.29 bits per heavy atom. The van der Waals surface area contributed by atoms with Crippen molar-refractivity contribution in [3.8, 4) is 0 Å². The fourth-order valence-electron chi connectivity index (χ4n) is 1.66. The number of aromatic nitrogens is 3. The minimum Gasteiger partial charge on any atom is -0.353 e. The molecule has 0 fully saturated rings. The Hall–Kier alpha value is -1.36. The molecular weight excluding hydrogens is 232 g/mol. The van der Waals surface area contributed by atoms with E-state index in [0.717, 1.165) is 28.9 Å². The van der Waals surface area contributed by atoms with Crippen LogP contribution >= 0.6 is 11.3 Å². The van der Waals surface area contributed by atoms with Crippen LogP contribution in [0.25, 0.3) is 0 Å². The average molecular weight is 250 g/mol. The van der Waals surface area contributed by atoms with Crippen molar-refractivity contribution in [2.24, 2.45) is 0 Å². The third kappa shape index (κ3) is 3.06. The van der Waals surface area contributed by atoms with Gasteiger partial charge in [0, 0.05) is 23.3 Å². The maximum atomic E-state index is 4.48. The second-order valence-electron chi connectivity index (χ2n) is 4.52. The molecule has 2 aromatic heterocycles. The van der Waals surface area contributed by atoms with Gasteiger partial charge in [0.1, 0.15) is 5.01 Å². The van der Waals surface area contributed by atoms with Gasteiger partial charge in [0.15, 0.2) is 0 Å². The summed E-state index contributed by atoms with van der Waals surface area (Å²) >= 11 is 1.69. The van der Waals surface area contributed by atoms with E-state index < -0.39 is 0 Å². The first-order valence-corrected chi connectivity index (χ1v) is 6.64. The highest BCUT2D eigenvalue weighted by atomic mass is 32.1. The zero-order chi connectivity index (χ0) is 12.4. The molecule has 0 aliphatic rings. The Bertz CT molecular complexity index is 498. The lowest BCUT2D eigenvalue weighted by Crippen LogP contribution is -2.14. The van der Waals surface area contributed by atoms with Crippen molar-refractivity contribution >= 4 is 17.3 Å². The number of thiazole rings is 1. The van der Waals surface area contributed by atoms with Gasteiger partial charge in [-0.15, -0.1) is 11.3 Å². The molecule has 2 rings (SSSR count). The van der Waals surface area contributed by atoms with E-state index in [0.29, 0.717) is 6.04 Å². The summed E-state index contributed by atoms with van der Waals surface area (Å²) in [6, 6.07) is 0.383. The smallest absolute Gasteiger partial charge is 0.203 e. The first-order valence-electron chi connectivity index (χ1n) is 5.76. The molecule has 0 amide bonds. The van der Waals surface area contributed by atoms with E-state index in [-0.39, 0.29) is 0 Å². The number of nitrogens with one attached hydrogen (secondary N) is 1. The van der Waals surface area contributed by atoms with E-state index in [1.807, 2.05) is 13.8 Å². The molecule has 2 heterocycles. The molecule has 0 spiro atoms. The number of aryl methyl sites for hydroxylation is 2. The van der Waals surface area contributed by atoms with Crippen molar-refractivity contribution in [1.29, 1.82) is 0 Å². The SMILES string of the molecule is Cc1csc(Cn2cc(C)nc2NC(C)C)n1. The lowest BCUT2D eigenvalue weighted by Gasteiger charge is -2.10. The number of anilines is 1. The molecule has 0 bridgehead atoms. The molecule has 0 aliphatic heterocycles. The Morgan fingerprint density at radius 2 is 2.06 bits per heavy atom. The normalized spacial score (nSPS) is 11.1. The molecule has 0 radical (unpaired) electrons. The molecule has 92 valence electrons. The molecule has 1 N–H and O–H groups in total. The summed E-state index contributed by atoms with van der Waals surface area (Å²) in [7, 11) is 0. The van der Waals surface area contributed by atoms with Crippen LogP contribution in [0.1, 0.15) is 30.2 Å². The number of hydrogen-bond donors (Lipinski definition) is 1. The second-order valence-corrected chi connectivity index (χ2v) is 5.46. The number of hydrogen-bond acceptors (Lipinski definition) is 4. The number of imidazole rings is 1. The van der Waals surface area contributed by atoms with Crippen molar-refractivity contribution in [1.82, 2.24) is 14.5 Å². The molecule has 0 atom stereocenters. The van der Waals surface area contributed by atoms with Gasteiger partial charge < -0.3 is 9.88 Å². The van der Waals surface area contributed by atoms with E-state index in [1.165, 1.54) is 0 Å². The molecule has 4 nitrogen and oxygen atoms in total. The van der Waals surface area contributed by atoms with Gasteiger partial charge in [-0.05, 0) is 27.7 Å². The van der Waals surface area contributed by atoms with E-state index in [4.69, 9.17) is 0 Å². The van der Waals surface area contributed by atoms with Crippen LogP contribution in [-0.4, -0.2) is 20.6 Å². The molecule has 0 saturated carbocycles. The summed E-state index contributed by atoms with van der Waals surface area (Å²) in [6.07, 6.45) is 2.06. The van der Waals surface area contributed by atoms with Gasteiger partial charge in [0.2, 0.25) is 5.95 Å². The van der Waals surface area contributed by atoms with Crippen LogP contribution in [-0.2, 0) is 6.54 Å². The highest BCUT2D eigenvalue weighted by molar-refractivity contribution is 7.09. The zero-order valence-electron chi connectivity index (χ0n) is 10.7. The van der Waals surface area contributed by atoms with E-state index >= 15 is 0 Å². The summed E-state index contributed by atoms with van der Waals surface area (Å²) in [5.74, 6) is 0.922. The highest BCUT2D eigenvalue weighted by Crippen LogP contribution is 2.15. The molecule has 17 heavy (non-hydrogen) atoms. The van der Waals surface area contributed by atoms with Crippen molar-refractivity contribution in [3.63, 3.8) is 0 Å². The highest BCUT2D eigenvalue weighted by Gasteiger charge is 2.08. The van der Waals surface area contributed by atoms with Gasteiger partial charge in [-0.2, -0.15) is 0 Å². The summed E-state index contributed by atoms with van der Waals surface area (Å²) in [5.41, 5.74) is 2.11. The lowest BCUT2D eigenvalue weighted by molar-refractivity contribution is 0.767. The van der Waals surface area contributed by atoms with Gasteiger partial charge in [0.25, 0.3) is 0 Å². The van der Waals surface area contributed by atoms with Gasteiger partial charge in [-0.1, -0.05) is 0 Å². The van der Waals surface area contributed by atoms with Gasteiger partial charge in [-0.25, -0.2) is 9.97 Å². The molecule has 5 heteroatoms. The summed E-state index contributed by atoms with van der Waals surface area (Å²) in [6.45, 7) is 9.04. The van der Waals surface area contributed by atoms with E-state index in [2.05, 4.69) is 45.3 Å². The largest absolute Gasteiger partial charge is 0.353 e. The first kappa shape index (κ1) is 12.1. The van der Waals surface area contributed by atoms with Crippen molar-refractivity contribution < 1.29 is 0 Å². The zero-order valence-corrected chi connectivity index (χ0v) is 11.5. The number of rotatable bonds is 4. The van der Waals surface area contributed by atoms with Crippen LogP contribution in [0.5, 0.6) is 0 Å². The Morgan fingerprint density at radius 3 is 2.65 bits per heavy atom. The van der Waals surface area contributed by atoms with Crippen LogP contribution in [0.4, 0.5) is 5.95 Å². The Labute approximate surface area is 106 Å². The van der Waals surface area contributed by atoms with Crippen molar-refractivity contribution in [3.05, 3.63) is 28.0 Å². The van der Waals surface area contributed by atoms with Crippen LogP contribution in [0.2, 0.25) is 0 Å². The van der Waals surface area contributed by atoms with E-state index in [1.54, 1.807) is 11.3 Å². The molecular formula is C12H18N4S. The lowest BCUT2D eigenvalue weighted by atomic mass is 10.4. The Kier molecular flexibility index (Phi) is 3.47. The minimum absolute atomic E-state index is 0.383. The topological polar surface area (TPSA) is 42.7 Å². The van der Waals surface area contributed by atoms with Crippen molar-refractivity contribution in [2.75, 3.05) is 5.32 Å². The fourth-order valence-corrected chi connectivity index (χ4v) is 2.43. The van der Waals surface area contributed by atoms with Gasteiger partial charge >= 0.3 is 0 Å². The van der Waals surface area contributed by atoms with Crippen LogP contribution in [0, 0.1) is 13.8 Å². The molecule has 2 aromatic rings. The minimum atomic E-state index is 0.383. The van der Waals surface area contributed by atoms with Crippen molar-refractivity contribution in [2.45, 2.75) is 40.3 Å². The predicted molar refractivity (Wildman–Crippen MR) is 71.7 cm³/mol. The molecule has 0 saturated heterocycles. The standard InChI is InChI=1S/C12H18N4S/c1-8(2)13-12-15-9(3)5-16(12)6-11-14-10(4)7-17-11/h5,7-8H,6H2,1-4H3,(H,13,15). The molecule has 0 aliphatic carbocycles. The molecule has 0 unspecified atom stereocenters. The Balaban J connectivity index is 2.19. The second kappa shape index (κ2) is 4.87. The molecule has 0 aromatic carbocycles. The number of nitrogens with zero attached hydrogens (tertiary/aromatic N) is 3. The predicted octanol–water partition coefficient (Wildman–Crippen LogP) is 2.83. The average Bonchev–Trinajstić information content (AvgIpc) is 2.74. The quantitative estimate of drug-likeness (QED) is 0.907. The third-order valence-electron chi connectivity index (χ3n) is 2.29. The van der Waals surface area contributed by atoms with Crippen LogP contribution in [0.3, 0.4) is 0 Å². The first-order chi connectivity index (χ1) is 8.04. The monoisotopic (exact) mass is 250 g/mol. The summed E-state index contributed by atoms with van der Waals surface area (Å²) in [5, 5.41) is 6.55. The van der Waals surface area contributed by atoms with Crippen LogP contribution in [0.15, 0.2) is 11.6 Å². The summed E-state index contributed by atoms with van der Waals surface area (Å²) in [4.78, 5) is 8.96. The maximum absolute atomic E-state index is 4.48. The maximum Gasteiger partial charge on any atom is 0.203 e.